The van der Waals surface area contributed by atoms with Crippen molar-refractivity contribution in [3.8, 4) is 0 Å². The van der Waals surface area contributed by atoms with Crippen LogP contribution in [0.25, 0.3) is 0 Å². The second-order valence-electron chi connectivity index (χ2n) is 3.06. The largest absolute Gasteiger partial charge is 0.354 e. The molecule has 1 atom stereocenters. The molecule has 0 aromatic carbocycles. The summed E-state index contributed by atoms with van der Waals surface area (Å²) in [5.41, 5.74) is 0. The van der Waals surface area contributed by atoms with E-state index < -0.39 is 0 Å². The minimum atomic E-state index is -0.0422. The highest BCUT2D eigenvalue weighted by Crippen LogP contribution is 2.02. The number of alkyl halides is 1. The second-order valence-corrected chi connectivity index (χ2v) is 4.17. The highest BCUT2D eigenvalue weighted by atomic mass is 79.9. The average molecular weight is 251 g/mol. The molecule has 0 heterocycles. The first-order valence-electron chi connectivity index (χ1n) is 4.72. The summed E-state index contributed by atoms with van der Waals surface area (Å²) in [6.45, 7) is 6.73. The van der Waals surface area contributed by atoms with Gasteiger partial charge in [-0.15, -0.1) is 0 Å². The van der Waals surface area contributed by atoms with Crippen molar-refractivity contribution in [2.24, 2.45) is 0 Å². The van der Waals surface area contributed by atoms with Crippen molar-refractivity contribution in [3.05, 3.63) is 0 Å². The molecular weight excluding hydrogens is 232 g/mol. The van der Waals surface area contributed by atoms with Gasteiger partial charge in [0.15, 0.2) is 0 Å². The molecule has 0 rings (SSSR count). The molecule has 0 aromatic rings. The van der Waals surface area contributed by atoms with Crippen LogP contribution < -0.4 is 5.32 Å². The van der Waals surface area contributed by atoms with E-state index in [1.54, 1.807) is 0 Å². The fourth-order valence-corrected chi connectivity index (χ4v) is 0.986. The first kappa shape index (κ1) is 12.9. The lowest BCUT2D eigenvalue weighted by Gasteiger charge is -2.14. The van der Waals surface area contributed by atoms with Crippen LogP contribution in [0.5, 0.6) is 0 Å². The zero-order chi connectivity index (χ0) is 10.3. The Bertz CT molecular complexity index is 153. The van der Waals surface area contributed by atoms with Crippen LogP contribution in [0.3, 0.4) is 0 Å². The van der Waals surface area contributed by atoms with E-state index in [1.807, 2.05) is 14.0 Å². The van der Waals surface area contributed by atoms with Crippen LogP contribution in [-0.2, 0) is 4.79 Å². The summed E-state index contributed by atoms with van der Waals surface area (Å²) < 4.78 is 0. The summed E-state index contributed by atoms with van der Waals surface area (Å²) in [5, 5.41) is 2.87. The predicted molar refractivity (Wildman–Crippen MR) is 59.2 cm³/mol. The van der Waals surface area contributed by atoms with E-state index in [2.05, 4.69) is 33.1 Å². The lowest BCUT2D eigenvalue weighted by Crippen LogP contribution is -2.36. The second kappa shape index (κ2) is 7.33. The molecule has 0 aromatic heterocycles. The lowest BCUT2D eigenvalue weighted by atomic mass is 10.3. The van der Waals surface area contributed by atoms with Gasteiger partial charge in [0.05, 0.1) is 4.83 Å². The van der Waals surface area contributed by atoms with Gasteiger partial charge in [0.1, 0.15) is 0 Å². The highest BCUT2D eigenvalue weighted by Gasteiger charge is 2.10. The zero-order valence-electron chi connectivity index (χ0n) is 8.64. The molecule has 0 saturated heterocycles. The lowest BCUT2D eigenvalue weighted by molar-refractivity contribution is -0.120. The zero-order valence-corrected chi connectivity index (χ0v) is 10.2. The van der Waals surface area contributed by atoms with E-state index >= 15 is 0 Å². The van der Waals surface area contributed by atoms with Gasteiger partial charge in [-0.1, -0.05) is 29.8 Å². The monoisotopic (exact) mass is 250 g/mol. The molecule has 1 amide bonds. The molecule has 0 aliphatic rings. The third-order valence-corrected chi connectivity index (χ3v) is 3.04. The number of halogens is 1. The average Bonchev–Trinajstić information content (AvgIpc) is 2.15. The van der Waals surface area contributed by atoms with Crippen molar-refractivity contribution in [2.75, 3.05) is 26.7 Å². The Morgan fingerprint density at radius 1 is 1.54 bits per heavy atom. The molecule has 1 unspecified atom stereocenters. The topological polar surface area (TPSA) is 32.3 Å². The van der Waals surface area contributed by atoms with Gasteiger partial charge in [-0.25, -0.2) is 0 Å². The third-order valence-electron chi connectivity index (χ3n) is 1.98. The number of rotatable bonds is 6. The molecule has 0 radical (unpaired) electrons. The Balaban J connectivity index is 3.47. The van der Waals surface area contributed by atoms with Gasteiger partial charge in [-0.05, 0) is 20.0 Å². The summed E-state index contributed by atoms with van der Waals surface area (Å²) >= 11 is 3.30. The van der Waals surface area contributed by atoms with Crippen LogP contribution in [0, 0.1) is 0 Å². The number of likely N-dealkylation sites (N-methyl/N-ethyl adjacent to an activating group) is 1. The Morgan fingerprint density at radius 2 is 2.15 bits per heavy atom. The van der Waals surface area contributed by atoms with Crippen molar-refractivity contribution in [3.63, 3.8) is 0 Å². The maximum Gasteiger partial charge on any atom is 0.233 e. The first-order chi connectivity index (χ1) is 6.11. The fourth-order valence-electron chi connectivity index (χ4n) is 0.824. The Kier molecular flexibility index (Phi) is 7.28. The van der Waals surface area contributed by atoms with E-state index in [-0.39, 0.29) is 10.7 Å². The summed E-state index contributed by atoms with van der Waals surface area (Å²) in [7, 11) is 2.04. The van der Waals surface area contributed by atoms with Gasteiger partial charge >= 0.3 is 0 Å². The van der Waals surface area contributed by atoms with Gasteiger partial charge in [0.2, 0.25) is 5.91 Å². The molecular formula is C9H19BrN2O. The van der Waals surface area contributed by atoms with E-state index in [0.717, 1.165) is 26.1 Å². The van der Waals surface area contributed by atoms with Gasteiger partial charge in [-0.2, -0.15) is 0 Å². The molecule has 0 aliphatic heterocycles. The summed E-state index contributed by atoms with van der Waals surface area (Å²) in [6.07, 6.45) is 0.829. The molecule has 0 saturated carbocycles. The van der Waals surface area contributed by atoms with Crippen LogP contribution >= 0.6 is 15.9 Å². The number of hydrogen-bond donors (Lipinski definition) is 1. The summed E-state index contributed by atoms with van der Waals surface area (Å²) in [5.74, 6) is 0.0898. The Hall–Kier alpha value is -0.0900. The molecule has 0 bridgehead atoms. The van der Waals surface area contributed by atoms with Crippen LogP contribution in [0.15, 0.2) is 0 Å². The number of nitrogens with one attached hydrogen (secondary N) is 1. The van der Waals surface area contributed by atoms with Crippen LogP contribution in [0.1, 0.15) is 20.3 Å². The van der Waals surface area contributed by atoms with Gasteiger partial charge in [0.25, 0.3) is 0 Å². The fraction of sp³-hybridized carbons (Fsp3) is 0.889. The quantitative estimate of drug-likeness (QED) is 0.720. The number of carbonyl (C=O) groups excluding carboxylic acids is 1. The van der Waals surface area contributed by atoms with Crippen LogP contribution in [-0.4, -0.2) is 42.3 Å². The van der Waals surface area contributed by atoms with Crippen LogP contribution in [0.4, 0.5) is 0 Å². The maximum atomic E-state index is 11.3. The van der Waals surface area contributed by atoms with Crippen molar-refractivity contribution >= 4 is 21.8 Å². The smallest absolute Gasteiger partial charge is 0.233 e. The molecule has 78 valence electrons. The van der Waals surface area contributed by atoms with Gasteiger partial charge in [0, 0.05) is 13.1 Å². The van der Waals surface area contributed by atoms with E-state index in [4.69, 9.17) is 0 Å². The van der Waals surface area contributed by atoms with E-state index in [9.17, 15) is 4.79 Å². The number of carbonyl (C=O) groups is 1. The molecule has 0 aliphatic carbocycles. The Morgan fingerprint density at radius 3 is 2.62 bits per heavy atom. The minimum Gasteiger partial charge on any atom is -0.354 e. The molecule has 13 heavy (non-hydrogen) atoms. The standard InChI is InChI=1S/C9H19BrN2O/c1-4-8(10)9(13)11-6-7-12(3)5-2/h8H,4-7H2,1-3H3,(H,11,13). The molecule has 0 spiro atoms. The van der Waals surface area contributed by atoms with E-state index in [0.29, 0.717) is 0 Å². The van der Waals surface area contributed by atoms with E-state index in [1.165, 1.54) is 0 Å². The van der Waals surface area contributed by atoms with Crippen molar-refractivity contribution in [1.82, 2.24) is 10.2 Å². The van der Waals surface area contributed by atoms with Gasteiger partial charge < -0.3 is 10.2 Å². The van der Waals surface area contributed by atoms with Crippen molar-refractivity contribution in [2.45, 2.75) is 25.1 Å². The number of hydrogen-bond acceptors (Lipinski definition) is 2. The predicted octanol–water partition coefficient (Wildman–Crippen LogP) is 1.23. The normalized spacial score (nSPS) is 13.0. The molecule has 1 N–H and O–H groups in total. The van der Waals surface area contributed by atoms with Gasteiger partial charge in [-0.3, -0.25) is 4.79 Å². The van der Waals surface area contributed by atoms with Crippen molar-refractivity contribution < 1.29 is 4.79 Å². The van der Waals surface area contributed by atoms with Crippen LogP contribution in [0.2, 0.25) is 0 Å². The molecule has 3 nitrogen and oxygen atoms in total. The first-order valence-corrected chi connectivity index (χ1v) is 5.63. The third kappa shape index (κ3) is 6.05. The molecule has 4 heteroatoms. The molecule has 0 fully saturated rings. The SMILES string of the molecule is CCC(Br)C(=O)NCCN(C)CC. The number of nitrogens with zero attached hydrogens (tertiary/aromatic N) is 1. The summed E-state index contributed by atoms with van der Waals surface area (Å²) in [4.78, 5) is 13.4. The summed E-state index contributed by atoms with van der Waals surface area (Å²) in [6, 6.07) is 0. The highest BCUT2D eigenvalue weighted by molar-refractivity contribution is 9.10. The number of amides is 1. The Labute approximate surface area is 89.0 Å². The maximum absolute atomic E-state index is 11.3. The van der Waals surface area contributed by atoms with Crippen molar-refractivity contribution in [1.29, 1.82) is 0 Å². The minimum absolute atomic E-state index is 0.0422.